The first-order valence-electron chi connectivity index (χ1n) is 8.10. The highest BCUT2D eigenvalue weighted by molar-refractivity contribution is 9.10. The Labute approximate surface area is 155 Å². The van der Waals surface area contributed by atoms with Crippen molar-refractivity contribution in [3.05, 3.63) is 16.9 Å². The smallest absolute Gasteiger partial charge is 0.227 e. The van der Waals surface area contributed by atoms with Gasteiger partial charge in [0.2, 0.25) is 5.91 Å². The van der Waals surface area contributed by atoms with Crippen LogP contribution in [0.5, 0.6) is 0 Å². The van der Waals surface area contributed by atoms with Gasteiger partial charge in [0.15, 0.2) is 0 Å². The van der Waals surface area contributed by atoms with E-state index >= 15 is 0 Å². The summed E-state index contributed by atoms with van der Waals surface area (Å²) in [6, 6.07) is 0.183. The van der Waals surface area contributed by atoms with Crippen LogP contribution in [-0.4, -0.2) is 35.0 Å². The van der Waals surface area contributed by atoms with E-state index in [9.17, 15) is 4.79 Å². The largest absolute Gasteiger partial charge is 0.368 e. The van der Waals surface area contributed by atoms with Crippen molar-refractivity contribution in [1.82, 2.24) is 9.97 Å². The first-order chi connectivity index (χ1) is 11.1. The third kappa shape index (κ3) is 3.25. The lowest BCUT2D eigenvalue weighted by Crippen LogP contribution is -2.43. The maximum Gasteiger partial charge on any atom is 0.227 e. The molecule has 2 fully saturated rings. The van der Waals surface area contributed by atoms with Crippen LogP contribution in [0.2, 0.25) is 0 Å². The summed E-state index contributed by atoms with van der Waals surface area (Å²) in [5.41, 5.74) is 8.81. The molecule has 24 heavy (non-hydrogen) atoms. The number of carbonyl (C=O) groups excluding carboxylic acids is 1. The van der Waals surface area contributed by atoms with E-state index in [4.69, 9.17) is 5.73 Å². The lowest BCUT2D eigenvalue weighted by Gasteiger charge is -2.33. The van der Waals surface area contributed by atoms with Crippen LogP contribution in [0, 0.1) is 5.92 Å². The number of aromatic amines is 1. The third-order valence-corrected chi connectivity index (χ3v) is 5.19. The number of anilines is 2. The van der Waals surface area contributed by atoms with Crippen molar-refractivity contribution < 1.29 is 4.79 Å². The number of halogens is 2. The molecule has 1 saturated heterocycles. The molecule has 3 heterocycles. The number of carbonyl (C=O) groups is 1. The monoisotopic (exact) mass is 413 g/mol. The van der Waals surface area contributed by atoms with Crippen LogP contribution < -0.4 is 16.0 Å². The highest BCUT2D eigenvalue weighted by atomic mass is 79.9. The molecular formula is C16H21BrClN5O. The molecule has 8 heteroatoms. The van der Waals surface area contributed by atoms with Crippen molar-refractivity contribution in [3.8, 4) is 0 Å². The molecule has 1 saturated carbocycles. The van der Waals surface area contributed by atoms with Crippen LogP contribution in [0.3, 0.4) is 0 Å². The third-order valence-electron chi connectivity index (χ3n) is 4.61. The van der Waals surface area contributed by atoms with Gasteiger partial charge in [0.1, 0.15) is 5.65 Å². The van der Waals surface area contributed by atoms with Crippen LogP contribution >= 0.6 is 28.3 Å². The average Bonchev–Trinajstić information content (AvgIpc) is 3.31. The summed E-state index contributed by atoms with van der Waals surface area (Å²) in [7, 11) is 0. The predicted molar refractivity (Wildman–Crippen MR) is 102 cm³/mol. The minimum absolute atomic E-state index is 0. The first kappa shape index (κ1) is 17.5. The van der Waals surface area contributed by atoms with Crippen LogP contribution in [-0.2, 0) is 4.79 Å². The number of nitrogens with two attached hydrogens (primary N) is 1. The van der Waals surface area contributed by atoms with Crippen LogP contribution in [0.1, 0.15) is 25.7 Å². The molecule has 0 aromatic carbocycles. The normalized spacial score (nSPS) is 20.8. The van der Waals surface area contributed by atoms with E-state index < -0.39 is 0 Å². The molecule has 1 aliphatic carbocycles. The van der Waals surface area contributed by atoms with Gasteiger partial charge in [0.25, 0.3) is 0 Å². The van der Waals surface area contributed by atoms with Crippen molar-refractivity contribution in [2.45, 2.75) is 31.7 Å². The summed E-state index contributed by atoms with van der Waals surface area (Å²) in [5.74, 6) is 0.277. The Balaban J connectivity index is 0.00000169. The fourth-order valence-electron chi connectivity index (χ4n) is 3.26. The van der Waals surface area contributed by atoms with E-state index in [1.165, 1.54) is 0 Å². The minimum Gasteiger partial charge on any atom is -0.368 e. The van der Waals surface area contributed by atoms with E-state index in [2.05, 4.69) is 36.1 Å². The van der Waals surface area contributed by atoms with Gasteiger partial charge < -0.3 is 20.9 Å². The number of pyridine rings is 1. The minimum atomic E-state index is 0. The van der Waals surface area contributed by atoms with Crippen LogP contribution in [0.4, 0.5) is 11.4 Å². The topological polar surface area (TPSA) is 87.0 Å². The van der Waals surface area contributed by atoms with E-state index in [-0.39, 0.29) is 30.3 Å². The summed E-state index contributed by atoms with van der Waals surface area (Å²) >= 11 is 3.63. The van der Waals surface area contributed by atoms with Crippen molar-refractivity contribution in [3.63, 3.8) is 0 Å². The molecule has 0 radical (unpaired) electrons. The average molecular weight is 415 g/mol. The quantitative estimate of drug-likeness (QED) is 0.720. The second kappa shape index (κ2) is 6.90. The SMILES string of the molecule is Cl.N[C@@H]1CCCN(c2c(Br)cnc3[nH]cc(NC(=O)C4CC4)c23)C1. The Morgan fingerprint density at radius 2 is 2.21 bits per heavy atom. The number of fused-ring (bicyclic) bond motifs is 1. The summed E-state index contributed by atoms with van der Waals surface area (Å²) in [6.45, 7) is 1.78. The molecule has 2 aliphatic rings. The number of aromatic nitrogens is 2. The lowest BCUT2D eigenvalue weighted by atomic mass is 10.1. The maximum atomic E-state index is 12.2. The number of hydrogen-bond acceptors (Lipinski definition) is 4. The Morgan fingerprint density at radius 3 is 2.92 bits per heavy atom. The summed E-state index contributed by atoms with van der Waals surface area (Å²) in [5, 5.41) is 4.02. The molecule has 1 aliphatic heterocycles. The van der Waals surface area contributed by atoms with Gasteiger partial charge in [0.05, 0.1) is 21.2 Å². The number of amides is 1. The van der Waals surface area contributed by atoms with Crippen molar-refractivity contribution in [2.75, 3.05) is 23.3 Å². The number of nitrogens with zero attached hydrogens (tertiary/aromatic N) is 2. The van der Waals surface area contributed by atoms with Crippen molar-refractivity contribution >= 4 is 56.7 Å². The molecule has 4 rings (SSSR count). The number of nitrogens with one attached hydrogen (secondary N) is 2. The molecule has 0 unspecified atom stereocenters. The fraction of sp³-hybridized carbons (Fsp3) is 0.500. The zero-order chi connectivity index (χ0) is 16.0. The van der Waals surface area contributed by atoms with E-state index in [1.807, 2.05) is 6.20 Å². The zero-order valence-corrected chi connectivity index (χ0v) is 15.6. The lowest BCUT2D eigenvalue weighted by molar-refractivity contribution is -0.117. The molecule has 1 atom stereocenters. The second-order valence-electron chi connectivity index (χ2n) is 6.49. The van der Waals surface area contributed by atoms with E-state index in [1.54, 1.807) is 6.20 Å². The fourth-order valence-corrected chi connectivity index (χ4v) is 3.81. The zero-order valence-electron chi connectivity index (χ0n) is 13.2. The highest BCUT2D eigenvalue weighted by Crippen LogP contribution is 2.39. The van der Waals surface area contributed by atoms with Crippen LogP contribution in [0.15, 0.2) is 16.9 Å². The van der Waals surface area contributed by atoms with Gasteiger partial charge in [-0.3, -0.25) is 4.79 Å². The molecule has 0 spiro atoms. The predicted octanol–water partition coefficient (Wildman–Crippen LogP) is 3.02. The summed E-state index contributed by atoms with van der Waals surface area (Å²) < 4.78 is 0.931. The number of hydrogen-bond donors (Lipinski definition) is 3. The molecule has 6 nitrogen and oxygen atoms in total. The molecule has 2 aromatic heterocycles. The molecular weight excluding hydrogens is 394 g/mol. The van der Waals surface area contributed by atoms with E-state index in [0.29, 0.717) is 0 Å². The number of H-pyrrole nitrogens is 1. The summed E-state index contributed by atoms with van der Waals surface area (Å²) in [6.07, 6.45) is 7.75. The van der Waals surface area contributed by atoms with Gasteiger partial charge in [-0.25, -0.2) is 4.98 Å². The van der Waals surface area contributed by atoms with Gasteiger partial charge in [-0.05, 0) is 41.6 Å². The van der Waals surface area contributed by atoms with E-state index in [0.717, 1.165) is 65.7 Å². The Hall–Kier alpha value is -1.31. The molecule has 0 bridgehead atoms. The van der Waals surface area contributed by atoms with Gasteiger partial charge in [-0.2, -0.15) is 0 Å². The first-order valence-corrected chi connectivity index (χ1v) is 8.89. The van der Waals surface area contributed by atoms with Gasteiger partial charge in [-0.1, -0.05) is 0 Å². The highest BCUT2D eigenvalue weighted by Gasteiger charge is 2.31. The Bertz CT molecular complexity index is 760. The van der Waals surface area contributed by atoms with Gasteiger partial charge >= 0.3 is 0 Å². The Morgan fingerprint density at radius 1 is 1.42 bits per heavy atom. The van der Waals surface area contributed by atoms with Gasteiger partial charge in [0, 0.05) is 37.4 Å². The molecule has 130 valence electrons. The Kier molecular flexibility index (Phi) is 5.03. The maximum absolute atomic E-state index is 12.2. The number of piperidine rings is 1. The second-order valence-corrected chi connectivity index (χ2v) is 7.35. The van der Waals surface area contributed by atoms with Crippen molar-refractivity contribution in [2.24, 2.45) is 11.7 Å². The molecule has 1 amide bonds. The van der Waals surface area contributed by atoms with Crippen molar-refractivity contribution in [1.29, 1.82) is 0 Å². The van der Waals surface area contributed by atoms with Gasteiger partial charge in [-0.15, -0.1) is 12.4 Å². The number of rotatable bonds is 3. The standard InChI is InChI=1S/C16H20BrN5O.ClH/c17-11-6-19-15-13(14(11)22-5-1-2-10(18)8-22)12(7-20-15)21-16(23)9-3-4-9;/h6-7,9-10H,1-5,8,18H2,(H,19,20)(H,21,23);1H/t10-;/m1./s1. The molecule has 4 N–H and O–H groups in total. The summed E-state index contributed by atoms with van der Waals surface area (Å²) in [4.78, 5) is 22.0. The molecule has 2 aromatic rings. The van der Waals surface area contributed by atoms with Crippen LogP contribution in [0.25, 0.3) is 11.0 Å².